The smallest absolute Gasteiger partial charge is 0.254 e. The van der Waals surface area contributed by atoms with Crippen LogP contribution in [0.25, 0.3) is 0 Å². The van der Waals surface area contributed by atoms with Crippen molar-refractivity contribution in [2.75, 3.05) is 18.5 Å². The summed E-state index contributed by atoms with van der Waals surface area (Å²) in [5.74, 6) is 0.661. The minimum Gasteiger partial charge on any atom is -0.368 e. The first-order valence-corrected chi connectivity index (χ1v) is 10.1. The third-order valence-electron chi connectivity index (χ3n) is 6.10. The van der Waals surface area contributed by atoms with Gasteiger partial charge in [0.1, 0.15) is 6.10 Å². The summed E-state index contributed by atoms with van der Waals surface area (Å²) in [5.41, 5.74) is 1.34. The Morgan fingerprint density at radius 1 is 1.04 bits per heavy atom. The number of amides is 2. The second-order valence-electron chi connectivity index (χ2n) is 7.82. The van der Waals surface area contributed by atoms with Crippen molar-refractivity contribution < 1.29 is 14.3 Å². The lowest BCUT2D eigenvalue weighted by Crippen LogP contribution is -2.39. The first kappa shape index (κ1) is 17.5. The summed E-state index contributed by atoms with van der Waals surface area (Å²) >= 11 is 0. The fourth-order valence-electron chi connectivity index (χ4n) is 4.78. The molecule has 140 valence electrons. The van der Waals surface area contributed by atoms with Crippen molar-refractivity contribution in [1.82, 2.24) is 4.90 Å². The summed E-state index contributed by atoms with van der Waals surface area (Å²) in [6.07, 6.45) is 8.67. The van der Waals surface area contributed by atoms with Crippen LogP contribution in [0.3, 0.4) is 0 Å². The van der Waals surface area contributed by atoms with Gasteiger partial charge in [0.05, 0.1) is 0 Å². The molecule has 1 aliphatic carbocycles. The number of carbonyl (C=O) groups is 2. The van der Waals surface area contributed by atoms with Crippen molar-refractivity contribution >= 4 is 17.5 Å². The highest BCUT2D eigenvalue weighted by Gasteiger charge is 2.36. The van der Waals surface area contributed by atoms with Crippen molar-refractivity contribution in [3.63, 3.8) is 0 Å². The lowest BCUT2D eigenvalue weighted by molar-refractivity contribution is -0.124. The van der Waals surface area contributed by atoms with Gasteiger partial charge >= 0.3 is 0 Å². The molecule has 2 heterocycles. The lowest BCUT2D eigenvalue weighted by Gasteiger charge is -2.29. The zero-order valence-corrected chi connectivity index (χ0v) is 15.3. The molecule has 1 aromatic carbocycles. The number of anilines is 1. The normalized spacial score (nSPS) is 26.4. The summed E-state index contributed by atoms with van der Waals surface area (Å²) in [4.78, 5) is 27.4. The van der Waals surface area contributed by atoms with Crippen LogP contribution in [0.5, 0.6) is 0 Å². The molecule has 2 saturated heterocycles. The van der Waals surface area contributed by atoms with E-state index in [1.165, 1.54) is 25.7 Å². The third kappa shape index (κ3) is 3.63. The number of hydrogen-bond donors (Lipinski definition) is 1. The fraction of sp³-hybridized carbons (Fsp3) is 0.619. The van der Waals surface area contributed by atoms with Crippen LogP contribution in [0.2, 0.25) is 0 Å². The van der Waals surface area contributed by atoms with Gasteiger partial charge in [-0.1, -0.05) is 18.9 Å². The van der Waals surface area contributed by atoms with Crippen LogP contribution in [0.4, 0.5) is 5.69 Å². The fourth-order valence-corrected chi connectivity index (χ4v) is 4.78. The van der Waals surface area contributed by atoms with Crippen molar-refractivity contribution in [2.45, 2.75) is 63.5 Å². The van der Waals surface area contributed by atoms with Gasteiger partial charge in [-0.15, -0.1) is 0 Å². The number of nitrogens with zero attached hydrogens (tertiary/aromatic N) is 1. The first-order chi connectivity index (χ1) is 12.7. The van der Waals surface area contributed by atoms with Gasteiger partial charge in [-0.3, -0.25) is 9.59 Å². The number of ether oxygens (including phenoxy) is 1. The lowest BCUT2D eigenvalue weighted by atomic mass is 9.95. The van der Waals surface area contributed by atoms with Gasteiger partial charge in [0, 0.05) is 30.4 Å². The molecule has 0 radical (unpaired) electrons. The second kappa shape index (κ2) is 7.78. The van der Waals surface area contributed by atoms with E-state index in [9.17, 15) is 9.59 Å². The third-order valence-corrected chi connectivity index (χ3v) is 6.10. The zero-order chi connectivity index (χ0) is 17.9. The Kier molecular flexibility index (Phi) is 5.25. The number of carbonyl (C=O) groups excluding carboxylic acids is 2. The van der Waals surface area contributed by atoms with Crippen LogP contribution in [-0.2, 0) is 9.53 Å². The minimum atomic E-state index is -0.361. The number of nitrogens with one attached hydrogen (secondary N) is 1. The van der Waals surface area contributed by atoms with Crippen LogP contribution in [0.15, 0.2) is 24.3 Å². The van der Waals surface area contributed by atoms with Gasteiger partial charge < -0.3 is 15.0 Å². The van der Waals surface area contributed by atoms with Crippen molar-refractivity contribution in [3.05, 3.63) is 29.8 Å². The average Bonchev–Trinajstić information content (AvgIpc) is 3.43. The molecule has 1 N–H and O–H groups in total. The van der Waals surface area contributed by atoms with Crippen LogP contribution in [0.1, 0.15) is 61.7 Å². The summed E-state index contributed by atoms with van der Waals surface area (Å²) < 4.78 is 5.43. The number of hydrogen-bond acceptors (Lipinski definition) is 3. The maximum Gasteiger partial charge on any atom is 0.254 e. The molecule has 3 fully saturated rings. The van der Waals surface area contributed by atoms with Gasteiger partial charge in [-0.05, 0) is 62.6 Å². The SMILES string of the molecule is O=C(Nc1cccc(C(=O)N2CCC[C@H]2C2CCCC2)c1)[C@@H]1CCCO1. The molecule has 5 heteroatoms. The molecule has 0 unspecified atom stereocenters. The van der Waals surface area contributed by atoms with Crippen molar-refractivity contribution in [2.24, 2.45) is 5.92 Å². The van der Waals surface area contributed by atoms with Gasteiger partial charge in [0.2, 0.25) is 0 Å². The standard InChI is InChI=1S/C21H28N2O3/c24-20(19-11-5-13-26-19)22-17-9-3-8-16(14-17)21(25)23-12-4-10-18(23)15-6-1-2-7-15/h3,8-9,14-15,18-19H,1-2,4-7,10-13H2,(H,22,24)/t18-,19-/m0/s1. The molecular weight excluding hydrogens is 328 g/mol. The topological polar surface area (TPSA) is 58.6 Å². The van der Waals surface area contributed by atoms with E-state index in [4.69, 9.17) is 4.74 Å². The molecule has 5 nitrogen and oxygen atoms in total. The Hall–Kier alpha value is -1.88. The first-order valence-electron chi connectivity index (χ1n) is 10.1. The quantitative estimate of drug-likeness (QED) is 0.897. The molecule has 3 aliphatic rings. The Labute approximate surface area is 155 Å². The maximum absolute atomic E-state index is 13.1. The van der Waals surface area contributed by atoms with E-state index < -0.39 is 0 Å². The molecular formula is C21H28N2O3. The van der Waals surface area contributed by atoms with E-state index in [-0.39, 0.29) is 17.9 Å². The molecule has 2 atom stereocenters. The molecule has 0 spiro atoms. The maximum atomic E-state index is 13.1. The predicted molar refractivity (Wildman–Crippen MR) is 100 cm³/mol. The van der Waals surface area contributed by atoms with Crippen molar-refractivity contribution in [3.8, 4) is 0 Å². The van der Waals surface area contributed by atoms with E-state index in [1.54, 1.807) is 6.07 Å². The van der Waals surface area contributed by atoms with E-state index >= 15 is 0 Å². The highest BCUT2D eigenvalue weighted by Crippen LogP contribution is 2.36. The van der Waals surface area contributed by atoms with E-state index in [0.29, 0.717) is 29.8 Å². The Bertz CT molecular complexity index is 663. The average molecular weight is 356 g/mol. The summed E-state index contributed by atoms with van der Waals surface area (Å²) in [6.45, 7) is 1.50. The summed E-state index contributed by atoms with van der Waals surface area (Å²) in [6, 6.07) is 7.74. The van der Waals surface area contributed by atoms with E-state index in [2.05, 4.69) is 10.2 Å². The molecule has 1 saturated carbocycles. The Balaban J connectivity index is 1.45. The van der Waals surface area contributed by atoms with Gasteiger partial charge in [0.25, 0.3) is 11.8 Å². The van der Waals surface area contributed by atoms with Gasteiger partial charge in [-0.25, -0.2) is 0 Å². The molecule has 26 heavy (non-hydrogen) atoms. The predicted octanol–water partition coefficient (Wildman–Crippen LogP) is 3.60. The van der Waals surface area contributed by atoms with Crippen LogP contribution >= 0.6 is 0 Å². The molecule has 1 aromatic rings. The Morgan fingerprint density at radius 2 is 1.88 bits per heavy atom. The van der Waals surface area contributed by atoms with E-state index in [0.717, 1.165) is 32.2 Å². The molecule has 0 bridgehead atoms. The van der Waals surface area contributed by atoms with Crippen LogP contribution in [-0.4, -0.2) is 42.0 Å². The second-order valence-corrected chi connectivity index (χ2v) is 7.82. The van der Waals surface area contributed by atoms with E-state index in [1.807, 2.05) is 18.2 Å². The summed E-state index contributed by atoms with van der Waals surface area (Å²) in [5, 5.41) is 2.90. The molecule has 2 aliphatic heterocycles. The number of benzene rings is 1. The monoisotopic (exact) mass is 356 g/mol. The highest BCUT2D eigenvalue weighted by atomic mass is 16.5. The van der Waals surface area contributed by atoms with Crippen LogP contribution in [0, 0.1) is 5.92 Å². The zero-order valence-electron chi connectivity index (χ0n) is 15.3. The van der Waals surface area contributed by atoms with Gasteiger partial charge in [-0.2, -0.15) is 0 Å². The number of rotatable bonds is 4. The van der Waals surface area contributed by atoms with Gasteiger partial charge in [0.15, 0.2) is 0 Å². The largest absolute Gasteiger partial charge is 0.368 e. The highest BCUT2D eigenvalue weighted by molar-refractivity contribution is 5.98. The molecule has 4 rings (SSSR count). The molecule has 0 aromatic heterocycles. The molecule has 2 amide bonds. The van der Waals surface area contributed by atoms with Crippen molar-refractivity contribution in [1.29, 1.82) is 0 Å². The Morgan fingerprint density at radius 3 is 2.65 bits per heavy atom. The summed E-state index contributed by atoms with van der Waals surface area (Å²) in [7, 11) is 0. The van der Waals surface area contributed by atoms with Crippen LogP contribution < -0.4 is 5.32 Å². The number of likely N-dealkylation sites (tertiary alicyclic amines) is 1. The minimum absolute atomic E-state index is 0.104.